The Kier molecular flexibility index (Phi) is 5.29. The molecular formula is C15H20N2O8. The molecule has 3 amide bonds. The van der Waals surface area contributed by atoms with Gasteiger partial charge in [0.05, 0.1) is 0 Å². The van der Waals surface area contributed by atoms with Crippen LogP contribution in [0.1, 0.15) is 46.5 Å². The lowest BCUT2D eigenvalue weighted by Gasteiger charge is -2.24. The van der Waals surface area contributed by atoms with E-state index < -0.39 is 41.7 Å². The average molecular weight is 356 g/mol. The summed E-state index contributed by atoms with van der Waals surface area (Å²) in [5.74, 6) is -2.15. The molecule has 2 fully saturated rings. The third kappa shape index (κ3) is 4.68. The van der Waals surface area contributed by atoms with Crippen LogP contribution in [0, 0.1) is 0 Å². The smallest absolute Gasteiger partial charge is 0.428 e. The molecule has 0 aromatic carbocycles. The van der Waals surface area contributed by atoms with Gasteiger partial charge in [-0.05, 0) is 33.6 Å². The van der Waals surface area contributed by atoms with E-state index in [2.05, 4.69) is 4.74 Å². The molecule has 0 radical (unpaired) electrons. The molecule has 2 rings (SSSR count). The Balaban J connectivity index is 1.95. The Hall–Kier alpha value is -2.65. The maximum atomic E-state index is 12.2. The van der Waals surface area contributed by atoms with Gasteiger partial charge in [0, 0.05) is 19.4 Å². The fourth-order valence-corrected chi connectivity index (χ4v) is 2.44. The molecule has 0 unspecified atom stereocenters. The highest BCUT2D eigenvalue weighted by Gasteiger charge is 2.41. The Morgan fingerprint density at radius 2 is 1.68 bits per heavy atom. The van der Waals surface area contributed by atoms with Crippen LogP contribution in [0.5, 0.6) is 0 Å². The summed E-state index contributed by atoms with van der Waals surface area (Å²) >= 11 is 0. The van der Waals surface area contributed by atoms with Crippen LogP contribution in [0.2, 0.25) is 0 Å². The van der Waals surface area contributed by atoms with Crippen LogP contribution >= 0.6 is 0 Å². The second-order valence-electron chi connectivity index (χ2n) is 6.68. The Labute approximate surface area is 143 Å². The molecule has 138 valence electrons. The minimum absolute atomic E-state index is 0.0266. The predicted molar refractivity (Wildman–Crippen MR) is 79.6 cm³/mol. The number of hydroxylamine groups is 2. The number of nitrogens with zero attached hydrogens (tertiary/aromatic N) is 2. The lowest BCUT2D eigenvalue weighted by molar-refractivity contribution is -0.200. The molecular weight excluding hydrogens is 336 g/mol. The van der Waals surface area contributed by atoms with Gasteiger partial charge in [0.15, 0.2) is 0 Å². The molecule has 0 spiro atoms. The average Bonchev–Trinajstić information content (AvgIpc) is 3.07. The van der Waals surface area contributed by atoms with Gasteiger partial charge in [0.1, 0.15) is 11.6 Å². The summed E-state index contributed by atoms with van der Waals surface area (Å²) in [4.78, 5) is 64.6. The van der Waals surface area contributed by atoms with E-state index in [0.29, 0.717) is 11.5 Å². The highest BCUT2D eigenvalue weighted by Crippen LogP contribution is 2.22. The number of hydrogen-bond acceptors (Lipinski definition) is 8. The van der Waals surface area contributed by atoms with Crippen LogP contribution in [0.4, 0.5) is 9.59 Å². The van der Waals surface area contributed by atoms with Crippen molar-refractivity contribution in [3.05, 3.63) is 0 Å². The van der Waals surface area contributed by atoms with E-state index >= 15 is 0 Å². The summed E-state index contributed by atoms with van der Waals surface area (Å²) in [6.45, 7) is 5.00. The fraction of sp³-hybridized carbons (Fsp3) is 0.667. The van der Waals surface area contributed by atoms with Gasteiger partial charge in [0.25, 0.3) is 11.8 Å². The first kappa shape index (κ1) is 18.7. The van der Waals surface area contributed by atoms with E-state index in [1.807, 2.05) is 0 Å². The predicted octanol–water partition coefficient (Wildman–Crippen LogP) is 1.13. The lowest BCUT2D eigenvalue weighted by atomic mass is 10.2. The Morgan fingerprint density at radius 3 is 2.24 bits per heavy atom. The van der Waals surface area contributed by atoms with Crippen molar-refractivity contribution >= 4 is 30.0 Å². The number of imide groups is 1. The second-order valence-corrected chi connectivity index (χ2v) is 6.68. The number of carbonyl (C=O) groups is 5. The normalized spacial score (nSPS) is 20.7. The van der Waals surface area contributed by atoms with E-state index in [0.717, 1.165) is 4.90 Å². The summed E-state index contributed by atoms with van der Waals surface area (Å²) in [5.41, 5.74) is -0.836. The summed E-state index contributed by atoms with van der Waals surface area (Å²) in [6.07, 6.45) is -1.54. The van der Waals surface area contributed by atoms with Crippen LogP contribution in [-0.2, 0) is 28.7 Å². The van der Waals surface area contributed by atoms with Gasteiger partial charge >= 0.3 is 18.2 Å². The van der Waals surface area contributed by atoms with E-state index in [4.69, 9.17) is 9.57 Å². The highest BCUT2D eigenvalue weighted by atomic mass is 16.8. The Bertz CT molecular complexity index is 593. The molecule has 10 nitrogen and oxygen atoms in total. The van der Waals surface area contributed by atoms with Crippen molar-refractivity contribution in [1.82, 2.24) is 9.96 Å². The summed E-state index contributed by atoms with van der Waals surface area (Å²) < 4.78 is 9.45. The topological polar surface area (TPSA) is 120 Å². The first-order chi connectivity index (χ1) is 11.6. The van der Waals surface area contributed by atoms with Crippen LogP contribution < -0.4 is 0 Å². The number of carbonyl (C=O) groups excluding carboxylic acids is 5. The monoisotopic (exact) mass is 356 g/mol. The number of hydrogen-bond donors (Lipinski definition) is 0. The summed E-state index contributed by atoms with van der Waals surface area (Å²) in [7, 11) is 0. The molecule has 25 heavy (non-hydrogen) atoms. The molecule has 0 saturated carbocycles. The molecule has 0 aromatic rings. The lowest BCUT2D eigenvalue weighted by Crippen LogP contribution is -2.45. The van der Waals surface area contributed by atoms with Crippen molar-refractivity contribution in [1.29, 1.82) is 0 Å². The third-order valence-electron chi connectivity index (χ3n) is 3.51. The van der Waals surface area contributed by atoms with Crippen molar-refractivity contribution in [3.8, 4) is 0 Å². The van der Waals surface area contributed by atoms with Crippen molar-refractivity contribution in [2.45, 2.75) is 58.1 Å². The number of ether oxygens (including phenoxy) is 2. The van der Waals surface area contributed by atoms with Gasteiger partial charge < -0.3 is 14.3 Å². The van der Waals surface area contributed by atoms with Crippen molar-refractivity contribution in [3.63, 3.8) is 0 Å². The zero-order valence-corrected chi connectivity index (χ0v) is 14.3. The second kappa shape index (κ2) is 7.08. The SMILES string of the molecule is CC(C)(C)OC(=O)OC(=O)N1CCC[C@H]1C(=O)ON1C(=O)CCC1=O. The Morgan fingerprint density at radius 1 is 1.08 bits per heavy atom. The van der Waals surface area contributed by atoms with Gasteiger partial charge in [-0.3, -0.25) is 14.5 Å². The molecule has 2 saturated heterocycles. The van der Waals surface area contributed by atoms with Crippen molar-refractivity contribution in [2.75, 3.05) is 6.54 Å². The molecule has 0 aromatic heterocycles. The third-order valence-corrected chi connectivity index (χ3v) is 3.51. The minimum atomic E-state index is -1.18. The van der Waals surface area contributed by atoms with E-state index in [1.165, 1.54) is 0 Å². The molecule has 0 aliphatic carbocycles. The van der Waals surface area contributed by atoms with Crippen LogP contribution in [0.15, 0.2) is 0 Å². The van der Waals surface area contributed by atoms with Crippen molar-refractivity contribution in [2.24, 2.45) is 0 Å². The van der Waals surface area contributed by atoms with Gasteiger partial charge in [-0.2, -0.15) is 0 Å². The van der Waals surface area contributed by atoms with Gasteiger partial charge in [-0.15, -0.1) is 5.06 Å². The van der Waals surface area contributed by atoms with Crippen molar-refractivity contribution < 1.29 is 38.3 Å². The zero-order chi connectivity index (χ0) is 18.8. The maximum absolute atomic E-state index is 12.2. The highest BCUT2D eigenvalue weighted by molar-refractivity contribution is 6.02. The number of likely N-dealkylation sites (tertiary alicyclic amines) is 1. The van der Waals surface area contributed by atoms with Crippen LogP contribution in [0.25, 0.3) is 0 Å². The quantitative estimate of drug-likeness (QED) is 0.410. The first-order valence-corrected chi connectivity index (χ1v) is 7.87. The van der Waals surface area contributed by atoms with E-state index in [-0.39, 0.29) is 25.8 Å². The molecule has 2 aliphatic rings. The molecule has 0 N–H and O–H groups in total. The van der Waals surface area contributed by atoms with Gasteiger partial charge in [-0.1, -0.05) is 0 Å². The van der Waals surface area contributed by atoms with Crippen LogP contribution in [-0.4, -0.2) is 58.2 Å². The molecule has 10 heteroatoms. The van der Waals surface area contributed by atoms with Crippen LogP contribution in [0.3, 0.4) is 0 Å². The fourth-order valence-electron chi connectivity index (χ4n) is 2.44. The van der Waals surface area contributed by atoms with E-state index in [1.54, 1.807) is 20.8 Å². The first-order valence-electron chi connectivity index (χ1n) is 7.87. The van der Waals surface area contributed by atoms with E-state index in [9.17, 15) is 24.0 Å². The zero-order valence-electron chi connectivity index (χ0n) is 14.3. The molecule has 2 heterocycles. The molecule has 2 aliphatic heterocycles. The number of amides is 3. The van der Waals surface area contributed by atoms with Gasteiger partial charge in [0.2, 0.25) is 0 Å². The summed E-state index contributed by atoms with van der Waals surface area (Å²) in [5, 5.41) is 0.415. The molecule has 0 bridgehead atoms. The standard InChI is InChI=1S/C15H20N2O8/c1-15(2,3)24-14(22)23-13(21)16-8-4-5-9(16)12(20)25-17-10(18)6-7-11(17)19/h9H,4-8H2,1-3H3/t9-/m0/s1. The number of rotatable bonds is 2. The summed E-state index contributed by atoms with van der Waals surface area (Å²) in [6, 6.07) is -1.05. The largest absolute Gasteiger partial charge is 0.517 e. The molecule has 1 atom stereocenters. The maximum Gasteiger partial charge on any atom is 0.517 e. The van der Waals surface area contributed by atoms with Gasteiger partial charge in [-0.25, -0.2) is 14.4 Å². The minimum Gasteiger partial charge on any atom is -0.428 e.